The Kier molecular flexibility index (Phi) is 5.94. The number of carbonyl (C=O) groups excluding carboxylic acids is 2. The zero-order valence-electron chi connectivity index (χ0n) is 15.2. The number of thiazole rings is 1. The Labute approximate surface area is 180 Å². The van der Waals surface area contributed by atoms with Crippen LogP contribution >= 0.6 is 34.3 Å². The van der Waals surface area contributed by atoms with Crippen molar-refractivity contribution in [3.05, 3.63) is 57.5 Å². The van der Waals surface area contributed by atoms with Crippen LogP contribution in [-0.2, 0) is 4.79 Å². The number of rotatable bonds is 4. The Hall–Kier alpha value is -2.29. The zero-order valence-corrected chi connectivity index (χ0v) is 17.6. The van der Waals surface area contributed by atoms with Crippen molar-refractivity contribution in [2.75, 3.05) is 18.4 Å². The Bertz CT molecular complexity index is 1030. The van der Waals surface area contributed by atoms with Gasteiger partial charge in [-0.2, -0.15) is 0 Å². The van der Waals surface area contributed by atoms with Gasteiger partial charge in [0.15, 0.2) is 5.13 Å². The fourth-order valence-electron chi connectivity index (χ4n) is 3.22. The van der Waals surface area contributed by atoms with E-state index < -0.39 is 0 Å². The molecule has 150 valence electrons. The fraction of sp³-hybridized carbons (Fsp3) is 0.250. The number of amides is 2. The molecule has 1 saturated heterocycles. The summed E-state index contributed by atoms with van der Waals surface area (Å²) in [6, 6.07) is 9.25. The quantitative estimate of drug-likeness (QED) is 0.598. The molecule has 29 heavy (non-hydrogen) atoms. The number of piperidine rings is 1. The van der Waals surface area contributed by atoms with Crippen molar-refractivity contribution >= 4 is 51.2 Å². The molecule has 1 aliphatic rings. The van der Waals surface area contributed by atoms with Crippen LogP contribution in [0.1, 0.15) is 23.2 Å². The number of hydrogen-bond acceptors (Lipinski definition) is 5. The van der Waals surface area contributed by atoms with Crippen molar-refractivity contribution in [3.63, 3.8) is 0 Å². The molecule has 1 fully saturated rings. The van der Waals surface area contributed by atoms with E-state index in [-0.39, 0.29) is 23.5 Å². The molecule has 0 radical (unpaired) electrons. The Morgan fingerprint density at radius 3 is 2.52 bits per heavy atom. The van der Waals surface area contributed by atoms with Crippen LogP contribution in [0.5, 0.6) is 0 Å². The highest BCUT2D eigenvalue weighted by Gasteiger charge is 2.28. The van der Waals surface area contributed by atoms with Crippen LogP contribution in [0, 0.1) is 11.7 Å². The van der Waals surface area contributed by atoms with Gasteiger partial charge < -0.3 is 10.2 Å². The molecule has 1 aliphatic heterocycles. The molecule has 0 spiro atoms. The maximum absolute atomic E-state index is 13.0. The lowest BCUT2D eigenvalue weighted by atomic mass is 9.95. The summed E-state index contributed by atoms with van der Waals surface area (Å²) in [7, 11) is 0. The first-order valence-corrected chi connectivity index (χ1v) is 11.1. The predicted octanol–water partition coefficient (Wildman–Crippen LogP) is 5.16. The Morgan fingerprint density at radius 1 is 1.14 bits per heavy atom. The lowest BCUT2D eigenvalue weighted by molar-refractivity contribution is -0.121. The number of thiophene rings is 1. The molecule has 3 heterocycles. The fourth-order valence-corrected chi connectivity index (χ4v) is 5.02. The van der Waals surface area contributed by atoms with E-state index in [1.54, 1.807) is 4.90 Å². The molecule has 0 atom stereocenters. The molecule has 0 saturated carbocycles. The first kappa shape index (κ1) is 20.0. The van der Waals surface area contributed by atoms with Crippen LogP contribution in [0.4, 0.5) is 9.52 Å². The predicted molar refractivity (Wildman–Crippen MR) is 114 cm³/mol. The standard InChI is InChI=1S/C20H17ClFN3O2S2/c21-17-6-5-16(29-17)15-11-28-20(23-15)24-18(26)12-7-9-25(10-8-12)19(27)13-1-3-14(22)4-2-13/h1-6,11-12H,7-10H2,(H,23,24,26). The van der Waals surface area contributed by atoms with Crippen LogP contribution in [-0.4, -0.2) is 34.8 Å². The molecule has 1 aromatic carbocycles. The number of halogens is 2. The van der Waals surface area contributed by atoms with E-state index in [0.717, 1.165) is 10.6 Å². The molecule has 1 N–H and O–H groups in total. The van der Waals surface area contributed by atoms with Gasteiger partial charge in [0.25, 0.3) is 5.91 Å². The Balaban J connectivity index is 1.32. The van der Waals surface area contributed by atoms with Gasteiger partial charge in [-0.15, -0.1) is 22.7 Å². The minimum atomic E-state index is -0.371. The summed E-state index contributed by atoms with van der Waals surface area (Å²) < 4.78 is 13.7. The van der Waals surface area contributed by atoms with Crippen molar-refractivity contribution < 1.29 is 14.0 Å². The molecule has 2 aromatic heterocycles. The number of nitrogens with one attached hydrogen (secondary N) is 1. The normalized spacial score (nSPS) is 14.8. The maximum Gasteiger partial charge on any atom is 0.253 e. The van der Waals surface area contributed by atoms with Crippen LogP contribution < -0.4 is 5.32 Å². The molecule has 2 amide bonds. The number of carbonyl (C=O) groups is 2. The van der Waals surface area contributed by atoms with E-state index in [2.05, 4.69) is 10.3 Å². The molecule has 5 nitrogen and oxygen atoms in total. The smallest absolute Gasteiger partial charge is 0.253 e. The van der Waals surface area contributed by atoms with Gasteiger partial charge in [0, 0.05) is 30.0 Å². The van der Waals surface area contributed by atoms with Gasteiger partial charge in [0.05, 0.1) is 14.9 Å². The minimum absolute atomic E-state index is 0.0796. The second-order valence-electron chi connectivity index (χ2n) is 6.70. The van der Waals surface area contributed by atoms with Crippen LogP contribution in [0.15, 0.2) is 41.8 Å². The van der Waals surface area contributed by atoms with Crippen molar-refractivity contribution in [3.8, 4) is 10.6 Å². The van der Waals surface area contributed by atoms with Gasteiger partial charge in [0.1, 0.15) is 5.82 Å². The van der Waals surface area contributed by atoms with Gasteiger partial charge in [-0.05, 0) is 49.2 Å². The van der Waals surface area contributed by atoms with E-state index in [1.807, 2.05) is 17.5 Å². The number of benzene rings is 1. The molecule has 0 bridgehead atoms. The van der Waals surface area contributed by atoms with Crippen molar-refractivity contribution in [2.24, 2.45) is 5.92 Å². The van der Waals surface area contributed by atoms with Crippen LogP contribution in [0.2, 0.25) is 4.34 Å². The second kappa shape index (κ2) is 8.61. The largest absolute Gasteiger partial charge is 0.339 e. The maximum atomic E-state index is 13.0. The Morgan fingerprint density at radius 2 is 1.86 bits per heavy atom. The van der Waals surface area contributed by atoms with Crippen LogP contribution in [0.3, 0.4) is 0 Å². The van der Waals surface area contributed by atoms with Crippen molar-refractivity contribution in [2.45, 2.75) is 12.8 Å². The summed E-state index contributed by atoms with van der Waals surface area (Å²) in [5.41, 5.74) is 1.25. The van der Waals surface area contributed by atoms with Gasteiger partial charge in [-0.25, -0.2) is 9.37 Å². The average Bonchev–Trinajstić information content (AvgIpc) is 3.37. The molecular weight excluding hydrogens is 433 g/mol. The summed E-state index contributed by atoms with van der Waals surface area (Å²) in [6.45, 7) is 0.982. The molecule has 4 rings (SSSR count). The van der Waals surface area contributed by atoms with E-state index in [0.29, 0.717) is 41.0 Å². The van der Waals surface area contributed by atoms with E-state index in [9.17, 15) is 14.0 Å². The average molecular weight is 450 g/mol. The monoisotopic (exact) mass is 449 g/mol. The third-order valence-corrected chi connectivity index (χ3v) is 6.82. The summed E-state index contributed by atoms with van der Waals surface area (Å²) in [5.74, 6) is -0.757. The number of nitrogens with zero attached hydrogens (tertiary/aromatic N) is 2. The van der Waals surface area contributed by atoms with Crippen molar-refractivity contribution in [1.29, 1.82) is 0 Å². The first-order valence-electron chi connectivity index (χ1n) is 9.06. The summed E-state index contributed by atoms with van der Waals surface area (Å²) >= 11 is 8.78. The van der Waals surface area contributed by atoms with Gasteiger partial charge >= 0.3 is 0 Å². The second-order valence-corrected chi connectivity index (χ2v) is 9.28. The van der Waals surface area contributed by atoms with Gasteiger partial charge in [0.2, 0.25) is 5.91 Å². The highest BCUT2D eigenvalue weighted by molar-refractivity contribution is 7.20. The zero-order chi connectivity index (χ0) is 20.4. The molecular formula is C20H17ClFN3O2S2. The van der Waals surface area contributed by atoms with E-state index in [4.69, 9.17) is 11.6 Å². The highest BCUT2D eigenvalue weighted by atomic mass is 35.5. The highest BCUT2D eigenvalue weighted by Crippen LogP contribution is 2.33. The number of anilines is 1. The third kappa shape index (κ3) is 4.66. The minimum Gasteiger partial charge on any atom is -0.339 e. The van der Waals surface area contributed by atoms with Crippen molar-refractivity contribution in [1.82, 2.24) is 9.88 Å². The van der Waals surface area contributed by atoms with E-state index >= 15 is 0 Å². The number of hydrogen-bond donors (Lipinski definition) is 1. The first-order chi connectivity index (χ1) is 14.0. The van der Waals surface area contributed by atoms with E-state index in [1.165, 1.54) is 46.9 Å². The molecule has 3 aromatic rings. The van der Waals surface area contributed by atoms with Gasteiger partial charge in [-0.1, -0.05) is 11.6 Å². The lowest BCUT2D eigenvalue weighted by Crippen LogP contribution is -2.41. The molecule has 0 aliphatic carbocycles. The lowest BCUT2D eigenvalue weighted by Gasteiger charge is -2.31. The summed E-state index contributed by atoms with van der Waals surface area (Å²) in [4.78, 5) is 32.2. The topological polar surface area (TPSA) is 62.3 Å². The SMILES string of the molecule is O=C(Nc1nc(-c2ccc(Cl)s2)cs1)C1CCN(C(=O)c2ccc(F)cc2)CC1. The number of aromatic nitrogens is 1. The van der Waals surface area contributed by atoms with Crippen LogP contribution in [0.25, 0.3) is 10.6 Å². The van der Waals surface area contributed by atoms with Gasteiger partial charge in [-0.3, -0.25) is 9.59 Å². The summed E-state index contributed by atoms with van der Waals surface area (Å²) in [5, 5.41) is 5.33. The summed E-state index contributed by atoms with van der Waals surface area (Å²) in [6.07, 6.45) is 1.16. The molecule has 0 unspecified atom stereocenters. The number of likely N-dealkylation sites (tertiary alicyclic amines) is 1. The third-order valence-electron chi connectivity index (χ3n) is 4.80. The molecule has 9 heteroatoms.